The molecule has 5 aliphatic carbocycles. The molecule has 0 radical (unpaired) electrons. The number of carbonyl (C=O) groups is 2. The van der Waals surface area contributed by atoms with Crippen LogP contribution in [-0.4, -0.2) is 30.6 Å². The monoisotopic (exact) mass is 386 g/mol. The first kappa shape index (κ1) is 19.1. The lowest BCUT2D eigenvalue weighted by atomic mass is 9.49. The molecular weight excluding hydrogens is 357 g/mol. The Morgan fingerprint density at radius 3 is 2.07 bits per heavy atom. The Hall–Kier alpha value is -1.27. The van der Waals surface area contributed by atoms with Crippen molar-refractivity contribution < 1.29 is 22.8 Å². The maximum absolute atomic E-state index is 12.9. The summed E-state index contributed by atoms with van der Waals surface area (Å²) in [6.07, 6.45) is 3.45. The molecule has 2 atom stereocenters. The number of carbonyl (C=O) groups excluding carboxylic acids is 2. The maximum atomic E-state index is 12.9. The lowest BCUT2D eigenvalue weighted by molar-refractivity contribution is -0.184. The summed E-state index contributed by atoms with van der Waals surface area (Å²) in [6, 6.07) is -0.450. The minimum atomic E-state index is -4.20. The van der Waals surface area contributed by atoms with Crippen molar-refractivity contribution in [2.75, 3.05) is 6.54 Å². The van der Waals surface area contributed by atoms with Gasteiger partial charge < -0.3 is 10.6 Å². The minimum absolute atomic E-state index is 0.0198. The highest BCUT2D eigenvalue weighted by atomic mass is 19.4. The third-order valence-electron chi connectivity index (χ3n) is 7.43. The largest absolute Gasteiger partial charge is 0.391 e. The quantitative estimate of drug-likeness (QED) is 0.776. The number of hydrogen-bond donors (Lipinski definition) is 2. The third kappa shape index (κ3) is 3.97. The summed E-state index contributed by atoms with van der Waals surface area (Å²) in [6.45, 7) is -0.131. The number of alkyl halides is 3. The Morgan fingerprint density at radius 2 is 1.52 bits per heavy atom. The molecule has 5 fully saturated rings. The van der Waals surface area contributed by atoms with E-state index in [0.29, 0.717) is 30.6 Å². The first-order chi connectivity index (χ1) is 12.7. The summed E-state index contributed by atoms with van der Waals surface area (Å²) >= 11 is 0. The summed E-state index contributed by atoms with van der Waals surface area (Å²) < 4.78 is 38.7. The molecule has 5 rings (SSSR count). The van der Waals surface area contributed by atoms with Gasteiger partial charge in [-0.1, -0.05) is 6.42 Å². The van der Waals surface area contributed by atoms with Gasteiger partial charge in [-0.15, -0.1) is 0 Å². The molecule has 5 aliphatic rings. The fourth-order valence-electron chi connectivity index (χ4n) is 6.63. The Balaban J connectivity index is 1.26. The number of rotatable bonds is 4. The minimum Gasteiger partial charge on any atom is -0.352 e. The van der Waals surface area contributed by atoms with E-state index in [2.05, 4.69) is 10.6 Å². The number of halogens is 3. The van der Waals surface area contributed by atoms with Crippen LogP contribution in [0, 0.1) is 29.1 Å². The highest BCUT2D eigenvalue weighted by molar-refractivity contribution is 5.88. The van der Waals surface area contributed by atoms with Crippen LogP contribution in [-0.2, 0) is 9.59 Å². The van der Waals surface area contributed by atoms with Crippen LogP contribution in [0.25, 0.3) is 0 Å². The first-order valence-corrected chi connectivity index (χ1v) is 10.4. The topological polar surface area (TPSA) is 58.2 Å². The van der Waals surface area contributed by atoms with Crippen molar-refractivity contribution in [1.29, 1.82) is 0 Å². The van der Waals surface area contributed by atoms with Gasteiger partial charge in [0.15, 0.2) is 0 Å². The molecule has 4 nitrogen and oxygen atoms in total. The highest BCUT2D eigenvalue weighted by Gasteiger charge is 2.54. The number of hydrogen-bond acceptors (Lipinski definition) is 2. The zero-order valence-electron chi connectivity index (χ0n) is 15.6. The van der Waals surface area contributed by atoms with Crippen molar-refractivity contribution in [1.82, 2.24) is 10.6 Å². The summed E-state index contributed by atoms with van der Waals surface area (Å²) in [7, 11) is 0. The lowest BCUT2D eigenvalue weighted by Crippen LogP contribution is -2.55. The Bertz CT molecular complexity index is 569. The number of nitrogens with one attached hydrogen (secondary N) is 2. The molecule has 152 valence electrons. The fourth-order valence-corrected chi connectivity index (χ4v) is 6.63. The summed E-state index contributed by atoms with van der Waals surface area (Å²) in [5, 5.41) is 5.49. The van der Waals surface area contributed by atoms with E-state index in [9.17, 15) is 22.8 Å². The van der Waals surface area contributed by atoms with E-state index >= 15 is 0 Å². The van der Waals surface area contributed by atoms with Gasteiger partial charge in [-0.25, -0.2) is 0 Å². The Morgan fingerprint density at radius 1 is 0.926 bits per heavy atom. The second-order valence-corrected chi connectivity index (χ2v) is 9.55. The maximum Gasteiger partial charge on any atom is 0.391 e. The fraction of sp³-hybridized carbons (Fsp3) is 0.900. The van der Waals surface area contributed by atoms with Crippen LogP contribution >= 0.6 is 0 Å². The molecule has 0 aromatic carbocycles. The SMILES string of the molecule is O=C(CNC(=O)C12CC3CC(CC(C3)C1)C2)N[C@H]1CCC[C@@H](C(F)(F)F)C1. The molecule has 0 saturated heterocycles. The first-order valence-electron chi connectivity index (χ1n) is 10.4. The van der Waals surface area contributed by atoms with E-state index in [0.717, 1.165) is 19.3 Å². The van der Waals surface area contributed by atoms with Crippen LogP contribution < -0.4 is 10.6 Å². The van der Waals surface area contributed by atoms with E-state index in [-0.39, 0.29) is 36.6 Å². The van der Waals surface area contributed by atoms with E-state index in [1.165, 1.54) is 19.3 Å². The van der Waals surface area contributed by atoms with E-state index in [4.69, 9.17) is 0 Å². The molecular formula is C20H29F3N2O2. The van der Waals surface area contributed by atoms with Crippen LogP contribution in [0.1, 0.15) is 64.2 Å². The molecule has 0 aliphatic heterocycles. The van der Waals surface area contributed by atoms with Crippen LogP contribution in [0.5, 0.6) is 0 Å². The second-order valence-electron chi connectivity index (χ2n) is 9.55. The molecule has 2 N–H and O–H groups in total. The average Bonchev–Trinajstić information content (AvgIpc) is 2.58. The number of amides is 2. The van der Waals surface area contributed by atoms with Crippen molar-refractivity contribution >= 4 is 11.8 Å². The van der Waals surface area contributed by atoms with Crippen LogP contribution in [0.3, 0.4) is 0 Å². The van der Waals surface area contributed by atoms with Crippen molar-refractivity contribution in [2.45, 2.75) is 76.4 Å². The van der Waals surface area contributed by atoms with Crippen molar-refractivity contribution in [3.05, 3.63) is 0 Å². The van der Waals surface area contributed by atoms with Crippen molar-refractivity contribution in [3.63, 3.8) is 0 Å². The highest BCUT2D eigenvalue weighted by Crippen LogP contribution is 2.60. The second kappa shape index (κ2) is 6.96. The van der Waals surface area contributed by atoms with Gasteiger partial charge in [-0.05, 0) is 75.5 Å². The third-order valence-corrected chi connectivity index (χ3v) is 7.43. The van der Waals surface area contributed by atoms with Gasteiger partial charge in [0.25, 0.3) is 0 Å². The van der Waals surface area contributed by atoms with Gasteiger partial charge in [-0.3, -0.25) is 9.59 Å². The molecule has 5 saturated carbocycles. The molecule has 2 amide bonds. The Labute approximate surface area is 158 Å². The lowest BCUT2D eigenvalue weighted by Gasteiger charge is -2.55. The van der Waals surface area contributed by atoms with Crippen molar-refractivity contribution in [2.24, 2.45) is 29.1 Å². The predicted molar refractivity (Wildman–Crippen MR) is 93.6 cm³/mol. The van der Waals surface area contributed by atoms with Gasteiger partial charge in [0.1, 0.15) is 0 Å². The van der Waals surface area contributed by atoms with Gasteiger partial charge in [0.2, 0.25) is 11.8 Å². The van der Waals surface area contributed by atoms with Crippen molar-refractivity contribution in [3.8, 4) is 0 Å². The molecule has 0 heterocycles. The zero-order chi connectivity index (χ0) is 19.2. The van der Waals surface area contributed by atoms with Crippen LogP contribution in [0.15, 0.2) is 0 Å². The molecule has 27 heavy (non-hydrogen) atoms. The molecule has 0 spiro atoms. The van der Waals surface area contributed by atoms with E-state index in [1.54, 1.807) is 0 Å². The van der Waals surface area contributed by atoms with E-state index < -0.39 is 18.1 Å². The molecule has 4 bridgehead atoms. The van der Waals surface area contributed by atoms with E-state index in [1.807, 2.05) is 0 Å². The molecule has 0 aromatic rings. The summed E-state index contributed by atoms with van der Waals surface area (Å²) in [5.74, 6) is 0.222. The standard InChI is InChI=1S/C20H29F3N2O2/c21-20(22,23)15-2-1-3-16(7-15)25-17(26)11-24-18(27)19-8-12-4-13(9-19)6-14(5-12)10-19/h12-16H,1-11H2,(H,24,27)(H,25,26)/t12?,13?,14?,15-,16+,19?/m1/s1. The van der Waals surface area contributed by atoms with Crippen LogP contribution in [0.2, 0.25) is 0 Å². The van der Waals surface area contributed by atoms with Crippen LogP contribution in [0.4, 0.5) is 13.2 Å². The van der Waals surface area contributed by atoms with Gasteiger partial charge in [-0.2, -0.15) is 13.2 Å². The molecule has 0 aromatic heterocycles. The summed E-state index contributed by atoms with van der Waals surface area (Å²) in [4.78, 5) is 25.0. The van der Waals surface area contributed by atoms with Gasteiger partial charge in [0.05, 0.1) is 12.5 Å². The molecule has 7 heteroatoms. The van der Waals surface area contributed by atoms with Gasteiger partial charge in [0, 0.05) is 11.5 Å². The van der Waals surface area contributed by atoms with Gasteiger partial charge >= 0.3 is 6.18 Å². The average molecular weight is 386 g/mol. The zero-order valence-corrected chi connectivity index (χ0v) is 15.6. The summed E-state index contributed by atoms with van der Waals surface area (Å²) in [5.41, 5.74) is -0.304. The normalized spacial score (nSPS) is 40.6. The predicted octanol–water partition coefficient (Wildman–Crippen LogP) is 3.56. The Kier molecular flexibility index (Phi) is 4.91. The molecule has 0 unspecified atom stereocenters. The smallest absolute Gasteiger partial charge is 0.352 e.